The van der Waals surface area contributed by atoms with Crippen molar-refractivity contribution in [3.63, 3.8) is 0 Å². The van der Waals surface area contributed by atoms with Gasteiger partial charge in [-0.2, -0.15) is 0 Å². The van der Waals surface area contributed by atoms with Crippen LogP contribution in [0.2, 0.25) is 5.02 Å². The number of fused-ring (bicyclic) bond motifs is 2. The molecular weight excluding hydrogens is 332 g/mol. The number of benzene rings is 2. The molecule has 0 fully saturated rings. The molecule has 4 heteroatoms. The number of anilines is 2. The first-order chi connectivity index (χ1) is 12.0. The molecule has 3 nitrogen and oxygen atoms in total. The summed E-state index contributed by atoms with van der Waals surface area (Å²) in [6.45, 7) is 5.98. The summed E-state index contributed by atoms with van der Waals surface area (Å²) in [6.07, 6.45) is 2.97. The summed E-state index contributed by atoms with van der Waals surface area (Å²) >= 11 is 6.26. The van der Waals surface area contributed by atoms with Gasteiger partial charge < -0.3 is 14.9 Å². The lowest BCUT2D eigenvalue weighted by Crippen LogP contribution is -2.24. The van der Waals surface area contributed by atoms with Crippen molar-refractivity contribution in [3.05, 3.63) is 52.5 Å². The van der Waals surface area contributed by atoms with Crippen molar-refractivity contribution in [2.45, 2.75) is 33.1 Å². The largest absolute Gasteiger partial charge is 0.508 e. The Labute approximate surface area is 156 Å². The zero-order valence-electron chi connectivity index (χ0n) is 15.7. The average molecular weight is 361 g/mol. The number of nitrogens with zero attached hydrogens (tertiary/aromatic N) is 2. The molecule has 0 spiro atoms. The molecule has 0 saturated carbocycles. The molecule has 0 amide bonds. The normalized spacial score (nSPS) is 12.8. The average Bonchev–Trinajstić information content (AvgIpc) is 2.73. The lowest BCUT2D eigenvalue weighted by Gasteiger charge is -2.28. The van der Waals surface area contributed by atoms with Gasteiger partial charge in [0, 0.05) is 22.9 Å². The van der Waals surface area contributed by atoms with Crippen LogP contribution in [0.3, 0.4) is 0 Å². The molecule has 0 bridgehead atoms. The molecule has 0 aromatic heterocycles. The van der Waals surface area contributed by atoms with E-state index >= 15 is 0 Å². The maximum absolute atomic E-state index is 9.83. The van der Waals surface area contributed by atoms with Crippen LogP contribution in [0.4, 0.5) is 11.4 Å². The number of phenols is 1. The predicted molar refractivity (Wildman–Crippen MR) is 108 cm³/mol. The van der Waals surface area contributed by atoms with Gasteiger partial charge in [-0.1, -0.05) is 31.5 Å². The maximum Gasteiger partial charge on any atom is 0.116 e. The van der Waals surface area contributed by atoms with Gasteiger partial charge in [0.2, 0.25) is 0 Å². The highest BCUT2D eigenvalue weighted by molar-refractivity contribution is 6.30. The first-order valence-electron chi connectivity index (χ1n) is 9.07. The fourth-order valence-electron chi connectivity index (χ4n) is 3.22. The van der Waals surface area contributed by atoms with Crippen LogP contribution >= 0.6 is 11.6 Å². The Hall–Kier alpha value is -1.71. The molecule has 2 aromatic rings. The van der Waals surface area contributed by atoms with E-state index in [9.17, 15) is 5.11 Å². The van der Waals surface area contributed by atoms with Crippen LogP contribution in [-0.4, -0.2) is 37.2 Å². The Morgan fingerprint density at radius 2 is 1.72 bits per heavy atom. The summed E-state index contributed by atoms with van der Waals surface area (Å²) in [5, 5.41) is 10.6. The Bertz CT molecular complexity index is 700. The standard InChI is InChI=1S/C19H23ClN2O.C2H6/c1-21(2)10-3-11-22-18-9-8-17(23)12-15(18)5-4-14-6-7-16(20)13-19(14)22;1-2/h6-9,12-13,23H,3-5,10-11H2,1-2H3;1-2H3. The predicted octanol–water partition coefficient (Wildman–Crippen LogP) is 5.26. The molecular formula is C21H29ClN2O. The van der Waals surface area contributed by atoms with Crippen LogP contribution in [0.15, 0.2) is 36.4 Å². The minimum absolute atomic E-state index is 0.334. The fraction of sp³-hybridized carbons (Fsp3) is 0.429. The van der Waals surface area contributed by atoms with Gasteiger partial charge >= 0.3 is 0 Å². The van der Waals surface area contributed by atoms with E-state index in [4.69, 9.17) is 11.6 Å². The maximum atomic E-state index is 9.83. The molecule has 1 aliphatic rings. The van der Waals surface area contributed by atoms with Crippen molar-refractivity contribution in [1.82, 2.24) is 4.90 Å². The number of hydrogen-bond donors (Lipinski definition) is 1. The molecule has 2 aromatic carbocycles. The van der Waals surface area contributed by atoms with Crippen molar-refractivity contribution < 1.29 is 5.11 Å². The molecule has 136 valence electrons. The topological polar surface area (TPSA) is 26.7 Å². The van der Waals surface area contributed by atoms with Crippen LogP contribution < -0.4 is 4.90 Å². The Balaban J connectivity index is 0.00000109. The number of phenolic OH excluding ortho intramolecular Hbond substituents is 1. The second-order valence-corrected chi connectivity index (χ2v) is 6.83. The zero-order valence-corrected chi connectivity index (χ0v) is 16.5. The summed E-state index contributed by atoms with van der Waals surface area (Å²) in [6, 6.07) is 11.8. The highest BCUT2D eigenvalue weighted by Gasteiger charge is 2.21. The van der Waals surface area contributed by atoms with Gasteiger partial charge in [0.15, 0.2) is 0 Å². The van der Waals surface area contributed by atoms with Crippen molar-refractivity contribution in [1.29, 1.82) is 0 Å². The summed E-state index contributed by atoms with van der Waals surface area (Å²) in [4.78, 5) is 4.56. The van der Waals surface area contributed by atoms with Gasteiger partial charge in [-0.05, 0) is 81.4 Å². The Morgan fingerprint density at radius 3 is 2.44 bits per heavy atom. The van der Waals surface area contributed by atoms with E-state index in [0.717, 1.165) is 37.4 Å². The van der Waals surface area contributed by atoms with Crippen molar-refractivity contribution in [3.8, 4) is 5.75 Å². The van der Waals surface area contributed by atoms with Crippen molar-refractivity contribution >= 4 is 23.0 Å². The summed E-state index contributed by atoms with van der Waals surface area (Å²) in [5.74, 6) is 0.334. The summed E-state index contributed by atoms with van der Waals surface area (Å²) in [7, 11) is 4.19. The van der Waals surface area contributed by atoms with E-state index in [2.05, 4.69) is 36.0 Å². The summed E-state index contributed by atoms with van der Waals surface area (Å²) < 4.78 is 0. The van der Waals surface area contributed by atoms with E-state index < -0.39 is 0 Å². The van der Waals surface area contributed by atoms with Crippen LogP contribution in [0.5, 0.6) is 5.75 Å². The minimum Gasteiger partial charge on any atom is -0.508 e. The van der Waals surface area contributed by atoms with Gasteiger partial charge in [0.25, 0.3) is 0 Å². The molecule has 25 heavy (non-hydrogen) atoms. The molecule has 0 radical (unpaired) electrons. The number of halogens is 1. The van der Waals surface area contributed by atoms with E-state index in [1.165, 1.54) is 22.5 Å². The van der Waals surface area contributed by atoms with Crippen LogP contribution in [0.1, 0.15) is 31.4 Å². The quantitative estimate of drug-likeness (QED) is 0.805. The van der Waals surface area contributed by atoms with E-state index in [0.29, 0.717) is 5.75 Å². The van der Waals surface area contributed by atoms with Gasteiger partial charge in [-0.15, -0.1) is 0 Å². The molecule has 0 saturated heterocycles. The van der Waals surface area contributed by atoms with Crippen LogP contribution in [-0.2, 0) is 12.8 Å². The SMILES string of the molecule is CC.CN(C)CCCN1c2ccc(O)cc2CCc2ccc(Cl)cc21. The second kappa shape index (κ2) is 9.12. The van der Waals surface area contributed by atoms with Gasteiger partial charge in [-0.3, -0.25) is 0 Å². The van der Waals surface area contributed by atoms with E-state index in [1.54, 1.807) is 6.07 Å². The third-order valence-electron chi connectivity index (χ3n) is 4.34. The second-order valence-electron chi connectivity index (χ2n) is 6.39. The molecule has 1 aliphatic heterocycles. The first kappa shape index (κ1) is 19.6. The number of hydrogen-bond acceptors (Lipinski definition) is 3. The highest BCUT2D eigenvalue weighted by atomic mass is 35.5. The van der Waals surface area contributed by atoms with Gasteiger partial charge in [0.1, 0.15) is 5.75 Å². The van der Waals surface area contributed by atoms with Crippen molar-refractivity contribution in [2.75, 3.05) is 32.1 Å². The lowest BCUT2D eigenvalue weighted by molar-refractivity contribution is 0.402. The molecule has 0 unspecified atom stereocenters. The van der Waals surface area contributed by atoms with Crippen LogP contribution in [0, 0.1) is 0 Å². The smallest absolute Gasteiger partial charge is 0.116 e. The molecule has 1 N–H and O–H groups in total. The van der Waals surface area contributed by atoms with Gasteiger partial charge in [0.05, 0.1) is 0 Å². The van der Waals surface area contributed by atoms with E-state index in [-0.39, 0.29) is 0 Å². The highest BCUT2D eigenvalue weighted by Crippen LogP contribution is 2.38. The number of rotatable bonds is 4. The van der Waals surface area contributed by atoms with Gasteiger partial charge in [-0.25, -0.2) is 0 Å². The fourth-order valence-corrected chi connectivity index (χ4v) is 3.39. The summed E-state index contributed by atoms with van der Waals surface area (Å²) in [5.41, 5.74) is 4.89. The van der Waals surface area contributed by atoms with Crippen molar-refractivity contribution in [2.24, 2.45) is 0 Å². The Morgan fingerprint density at radius 1 is 1.00 bits per heavy atom. The number of aryl methyl sites for hydroxylation is 2. The molecule has 1 heterocycles. The number of aromatic hydroxyl groups is 1. The monoisotopic (exact) mass is 360 g/mol. The molecule has 0 atom stereocenters. The third-order valence-corrected chi connectivity index (χ3v) is 4.58. The van der Waals surface area contributed by atoms with E-state index in [1.807, 2.05) is 32.0 Å². The zero-order chi connectivity index (χ0) is 18.4. The molecule has 3 rings (SSSR count). The first-order valence-corrected chi connectivity index (χ1v) is 9.45. The third kappa shape index (κ3) is 4.90. The van der Waals surface area contributed by atoms with Crippen LogP contribution in [0.25, 0.3) is 0 Å². The minimum atomic E-state index is 0.334. The molecule has 0 aliphatic carbocycles. The lowest BCUT2D eigenvalue weighted by atomic mass is 10.0. The Kier molecular flexibility index (Phi) is 7.15.